The number of fused-ring (bicyclic) bond motifs is 2. The average molecular weight is 391 g/mol. The van der Waals surface area contributed by atoms with Crippen LogP contribution in [0.1, 0.15) is 46.5 Å². The van der Waals surface area contributed by atoms with E-state index in [0.717, 1.165) is 26.1 Å². The van der Waals surface area contributed by atoms with Gasteiger partial charge in [0, 0.05) is 38.6 Å². The molecule has 0 bridgehead atoms. The molecule has 3 fully saturated rings. The Morgan fingerprint density at radius 1 is 1.32 bits per heavy atom. The van der Waals surface area contributed by atoms with E-state index in [4.69, 9.17) is 9.47 Å². The molecule has 2 aliphatic carbocycles. The van der Waals surface area contributed by atoms with Crippen LogP contribution in [0.2, 0.25) is 0 Å². The van der Waals surface area contributed by atoms with Crippen LogP contribution in [0, 0.1) is 23.2 Å². The van der Waals surface area contributed by atoms with E-state index in [-0.39, 0.29) is 35.4 Å². The number of amides is 1. The number of esters is 1. The van der Waals surface area contributed by atoms with Crippen LogP contribution in [-0.2, 0) is 14.3 Å². The first kappa shape index (κ1) is 19.7. The molecule has 0 radical (unpaired) electrons. The summed E-state index contributed by atoms with van der Waals surface area (Å²) >= 11 is 0. The fourth-order valence-electron chi connectivity index (χ4n) is 5.86. The van der Waals surface area contributed by atoms with Crippen LogP contribution in [0.5, 0.6) is 0 Å². The minimum absolute atomic E-state index is 0.0328. The lowest BCUT2D eigenvalue weighted by Crippen LogP contribution is -2.50. The highest BCUT2D eigenvalue weighted by atomic mass is 16.6. The van der Waals surface area contributed by atoms with E-state index >= 15 is 0 Å². The van der Waals surface area contributed by atoms with Crippen molar-refractivity contribution < 1.29 is 19.1 Å². The van der Waals surface area contributed by atoms with Crippen molar-refractivity contribution in [2.75, 3.05) is 39.3 Å². The maximum absolute atomic E-state index is 12.7. The predicted octanol–water partition coefficient (Wildman–Crippen LogP) is 3.07. The molecule has 0 aromatic heterocycles. The second-order valence-electron chi connectivity index (χ2n) is 9.33. The van der Waals surface area contributed by atoms with Crippen LogP contribution >= 0.6 is 0 Å². The SMILES string of the molecule is CCOC(=O)N1CCN(C[C@@H]2C(=O)O[C@H]3C[C@]4(C)CCC[C@@H](C)C4=C[C@@H]32)CC1. The van der Waals surface area contributed by atoms with Crippen LogP contribution in [0.25, 0.3) is 0 Å². The first-order valence-electron chi connectivity index (χ1n) is 11.0. The molecule has 0 aromatic carbocycles. The smallest absolute Gasteiger partial charge is 0.409 e. The van der Waals surface area contributed by atoms with Gasteiger partial charge in [-0.2, -0.15) is 0 Å². The zero-order chi connectivity index (χ0) is 19.9. The molecule has 6 nitrogen and oxygen atoms in total. The molecule has 0 aromatic rings. The fraction of sp³-hybridized carbons (Fsp3) is 0.818. The first-order chi connectivity index (χ1) is 13.4. The van der Waals surface area contributed by atoms with Gasteiger partial charge in [-0.15, -0.1) is 0 Å². The van der Waals surface area contributed by atoms with E-state index in [2.05, 4.69) is 24.8 Å². The van der Waals surface area contributed by atoms with E-state index in [0.29, 0.717) is 25.6 Å². The van der Waals surface area contributed by atoms with Crippen LogP contribution in [0.4, 0.5) is 4.79 Å². The van der Waals surface area contributed by atoms with Gasteiger partial charge in [-0.05, 0) is 37.5 Å². The third kappa shape index (κ3) is 3.56. The minimum atomic E-state index is -0.231. The number of piperazine rings is 1. The number of carbonyl (C=O) groups excluding carboxylic acids is 2. The minimum Gasteiger partial charge on any atom is -0.461 e. The van der Waals surface area contributed by atoms with Crippen LogP contribution < -0.4 is 0 Å². The highest BCUT2D eigenvalue weighted by molar-refractivity contribution is 5.76. The number of rotatable bonds is 3. The van der Waals surface area contributed by atoms with Crippen molar-refractivity contribution in [3.63, 3.8) is 0 Å². The Labute approximate surface area is 168 Å². The second-order valence-corrected chi connectivity index (χ2v) is 9.33. The summed E-state index contributed by atoms with van der Waals surface area (Å²) in [7, 11) is 0. The topological polar surface area (TPSA) is 59.1 Å². The molecule has 4 rings (SSSR count). The average Bonchev–Trinajstić information content (AvgIpc) is 2.95. The molecule has 0 N–H and O–H groups in total. The van der Waals surface area contributed by atoms with Gasteiger partial charge in [0.2, 0.25) is 0 Å². The number of hydrogen-bond acceptors (Lipinski definition) is 5. The molecule has 1 saturated carbocycles. The Kier molecular flexibility index (Phi) is 5.43. The monoisotopic (exact) mass is 390 g/mol. The van der Waals surface area contributed by atoms with Gasteiger partial charge in [-0.1, -0.05) is 31.9 Å². The van der Waals surface area contributed by atoms with Crippen LogP contribution in [0.3, 0.4) is 0 Å². The summed E-state index contributed by atoms with van der Waals surface area (Å²) in [5.74, 6) is 0.711. The van der Waals surface area contributed by atoms with Crippen molar-refractivity contribution in [2.45, 2.75) is 52.6 Å². The summed E-state index contributed by atoms with van der Waals surface area (Å²) in [6.45, 7) is 10.5. The number of carbonyl (C=O) groups is 2. The standard InChI is InChI=1S/C22H34N2O4/c1-4-27-21(26)24-10-8-23(9-11-24)14-17-16-12-18-15(2)6-5-7-22(18,3)13-19(16)28-20(17)25/h12,15-17,19H,4-11,13-14H2,1-3H3/t15-,16-,17+,19+,22+/m1/s1. The van der Waals surface area contributed by atoms with Crippen LogP contribution in [-0.4, -0.2) is 67.3 Å². The summed E-state index contributed by atoms with van der Waals surface area (Å²) in [4.78, 5) is 28.7. The Balaban J connectivity index is 1.42. The second kappa shape index (κ2) is 7.69. The Hall–Kier alpha value is -1.56. The molecule has 2 heterocycles. The highest BCUT2D eigenvalue weighted by Crippen LogP contribution is 2.53. The van der Waals surface area contributed by atoms with E-state index < -0.39 is 0 Å². The summed E-state index contributed by atoms with van der Waals surface area (Å²) < 4.78 is 11.0. The Morgan fingerprint density at radius 2 is 2.07 bits per heavy atom. The van der Waals surface area contributed by atoms with Crippen LogP contribution in [0.15, 0.2) is 11.6 Å². The first-order valence-corrected chi connectivity index (χ1v) is 11.0. The maximum atomic E-state index is 12.7. The zero-order valence-electron chi connectivity index (χ0n) is 17.5. The quantitative estimate of drug-likeness (QED) is 0.547. The van der Waals surface area contributed by atoms with E-state index in [9.17, 15) is 9.59 Å². The third-order valence-electron chi connectivity index (χ3n) is 7.43. The molecule has 0 spiro atoms. The summed E-state index contributed by atoms with van der Waals surface area (Å²) in [6.07, 6.45) is 6.95. The van der Waals surface area contributed by atoms with Gasteiger partial charge >= 0.3 is 12.1 Å². The normalized spacial score (nSPS) is 38.3. The largest absolute Gasteiger partial charge is 0.461 e. The van der Waals surface area contributed by atoms with Crippen molar-refractivity contribution in [1.82, 2.24) is 9.80 Å². The number of ether oxygens (including phenoxy) is 2. The molecule has 0 unspecified atom stereocenters. The van der Waals surface area contributed by atoms with Gasteiger partial charge < -0.3 is 14.4 Å². The third-order valence-corrected chi connectivity index (χ3v) is 7.43. The number of allylic oxidation sites excluding steroid dienone is 1. The van der Waals surface area contributed by atoms with Crippen molar-refractivity contribution in [3.05, 3.63) is 11.6 Å². The van der Waals surface area contributed by atoms with Gasteiger partial charge in [0.15, 0.2) is 0 Å². The molecule has 5 atom stereocenters. The molecule has 28 heavy (non-hydrogen) atoms. The van der Waals surface area contributed by atoms with Crippen molar-refractivity contribution in [2.24, 2.45) is 23.2 Å². The van der Waals surface area contributed by atoms with Crippen molar-refractivity contribution in [3.8, 4) is 0 Å². The van der Waals surface area contributed by atoms with Gasteiger partial charge in [-0.25, -0.2) is 4.79 Å². The van der Waals surface area contributed by atoms with Gasteiger partial charge in [-0.3, -0.25) is 9.69 Å². The van der Waals surface area contributed by atoms with Crippen molar-refractivity contribution in [1.29, 1.82) is 0 Å². The Morgan fingerprint density at radius 3 is 2.79 bits per heavy atom. The van der Waals surface area contributed by atoms with E-state index in [1.807, 2.05) is 6.92 Å². The molecule has 4 aliphatic rings. The lowest BCUT2D eigenvalue weighted by atomic mass is 9.59. The molecule has 6 heteroatoms. The summed E-state index contributed by atoms with van der Waals surface area (Å²) in [6, 6.07) is 0. The predicted molar refractivity (Wildman–Crippen MR) is 106 cm³/mol. The fourth-order valence-corrected chi connectivity index (χ4v) is 5.86. The lowest BCUT2D eigenvalue weighted by molar-refractivity contribution is -0.145. The summed E-state index contributed by atoms with van der Waals surface area (Å²) in [5, 5.41) is 0. The van der Waals surface area contributed by atoms with Gasteiger partial charge in [0.25, 0.3) is 0 Å². The van der Waals surface area contributed by atoms with Crippen molar-refractivity contribution >= 4 is 12.1 Å². The highest BCUT2D eigenvalue weighted by Gasteiger charge is 2.52. The molecular formula is C22H34N2O4. The van der Waals surface area contributed by atoms with E-state index in [1.165, 1.54) is 19.3 Å². The van der Waals surface area contributed by atoms with Gasteiger partial charge in [0.05, 0.1) is 12.5 Å². The maximum Gasteiger partial charge on any atom is 0.409 e. The van der Waals surface area contributed by atoms with Gasteiger partial charge in [0.1, 0.15) is 6.10 Å². The lowest BCUT2D eigenvalue weighted by Gasteiger charge is -2.46. The number of hydrogen-bond donors (Lipinski definition) is 0. The molecular weight excluding hydrogens is 356 g/mol. The summed E-state index contributed by atoms with van der Waals surface area (Å²) in [5.41, 5.74) is 1.77. The molecule has 2 saturated heterocycles. The molecule has 156 valence electrons. The number of nitrogens with zero attached hydrogens (tertiary/aromatic N) is 2. The molecule has 1 amide bonds. The van der Waals surface area contributed by atoms with E-state index in [1.54, 1.807) is 10.5 Å². The zero-order valence-corrected chi connectivity index (χ0v) is 17.5. The molecule has 2 aliphatic heterocycles. The Bertz CT molecular complexity index is 655.